The minimum absolute atomic E-state index is 0.165. The van der Waals surface area contributed by atoms with Crippen LogP contribution in [0.1, 0.15) is 21.7 Å². The van der Waals surface area contributed by atoms with Gasteiger partial charge in [0, 0.05) is 12.2 Å². The molecule has 0 fully saturated rings. The number of hydrogen-bond donors (Lipinski definition) is 3. The Labute approximate surface area is 185 Å². The van der Waals surface area contributed by atoms with Crippen molar-refractivity contribution in [1.29, 1.82) is 0 Å². The predicted octanol–water partition coefficient (Wildman–Crippen LogP) is 3.52. The quantitative estimate of drug-likeness (QED) is 0.399. The number of ether oxygens (including phenoxy) is 1. The summed E-state index contributed by atoms with van der Waals surface area (Å²) in [6.07, 6.45) is 0.716. The molecule has 0 atom stereocenters. The number of methoxy groups -OCH3 is 1. The lowest BCUT2D eigenvalue weighted by atomic mass is 10.1. The van der Waals surface area contributed by atoms with E-state index in [9.17, 15) is 9.59 Å². The molecule has 0 aliphatic rings. The average molecular weight is 428 g/mol. The number of aromatic nitrogens is 2. The molecule has 1 amide bonds. The first-order valence-electron chi connectivity index (χ1n) is 10.4. The molecule has 32 heavy (non-hydrogen) atoms. The Kier molecular flexibility index (Phi) is 6.46. The van der Waals surface area contributed by atoms with Gasteiger partial charge in [-0.2, -0.15) is 0 Å². The van der Waals surface area contributed by atoms with Gasteiger partial charge in [0.25, 0.3) is 11.5 Å². The number of nitrogens with zero attached hydrogens (tertiary/aromatic N) is 1. The first kappa shape index (κ1) is 21.1. The van der Waals surface area contributed by atoms with E-state index in [0.717, 1.165) is 11.3 Å². The molecule has 0 spiro atoms. The molecule has 1 aromatic heterocycles. The minimum Gasteiger partial charge on any atom is -0.497 e. The Morgan fingerprint density at radius 1 is 1.00 bits per heavy atom. The van der Waals surface area contributed by atoms with E-state index in [2.05, 4.69) is 20.6 Å². The SMILES string of the molecule is COc1ccc(CCNC(=O)c2ccccc2NCc2nc3ccccc3c(=O)[nH]2)cc1. The number of rotatable bonds is 8. The van der Waals surface area contributed by atoms with E-state index in [1.54, 1.807) is 31.4 Å². The molecule has 0 aliphatic heterocycles. The van der Waals surface area contributed by atoms with Crippen molar-refractivity contribution in [2.75, 3.05) is 19.0 Å². The van der Waals surface area contributed by atoms with Gasteiger partial charge >= 0.3 is 0 Å². The van der Waals surface area contributed by atoms with Crippen LogP contribution in [0.2, 0.25) is 0 Å². The highest BCUT2D eigenvalue weighted by molar-refractivity contribution is 5.99. The van der Waals surface area contributed by atoms with Crippen LogP contribution in [0.5, 0.6) is 5.75 Å². The number of hydrogen-bond acceptors (Lipinski definition) is 5. The maximum Gasteiger partial charge on any atom is 0.258 e. The molecule has 162 valence electrons. The maximum atomic E-state index is 12.8. The van der Waals surface area contributed by atoms with Crippen molar-refractivity contribution in [1.82, 2.24) is 15.3 Å². The van der Waals surface area contributed by atoms with Gasteiger partial charge in [0.1, 0.15) is 11.6 Å². The van der Waals surface area contributed by atoms with Crippen LogP contribution in [0.4, 0.5) is 5.69 Å². The van der Waals surface area contributed by atoms with Crippen LogP contribution < -0.4 is 20.9 Å². The number of carbonyl (C=O) groups is 1. The summed E-state index contributed by atoms with van der Waals surface area (Å²) in [4.78, 5) is 32.3. The lowest BCUT2D eigenvalue weighted by Gasteiger charge is -2.12. The molecule has 1 heterocycles. The van der Waals surface area contributed by atoms with Gasteiger partial charge in [0.15, 0.2) is 0 Å². The first-order chi connectivity index (χ1) is 15.6. The number of anilines is 1. The van der Waals surface area contributed by atoms with E-state index in [0.29, 0.717) is 40.9 Å². The van der Waals surface area contributed by atoms with Crippen molar-refractivity contribution in [3.8, 4) is 5.75 Å². The lowest BCUT2D eigenvalue weighted by molar-refractivity contribution is 0.0955. The zero-order valence-electron chi connectivity index (χ0n) is 17.7. The summed E-state index contributed by atoms with van der Waals surface area (Å²) in [7, 11) is 1.63. The molecule has 7 nitrogen and oxygen atoms in total. The number of nitrogens with one attached hydrogen (secondary N) is 3. The summed E-state index contributed by atoms with van der Waals surface area (Å²) in [6, 6.07) is 22.2. The molecule has 4 rings (SSSR count). The second kappa shape index (κ2) is 9.78. The highest BCUT2D eigenvalue weighted by Crippen LogP contribution is 2.16. The fraction of sp³-hybridized carbons (Fsp3) is 0.160. The van der Waals surface area contributed by atoms with Crippen molar-refractivity contribution in [3.63, 3.8) is 0 Å². The molecule has 0 saturated heterocycles. The zero-order chi connectivity index (χ0) is 22.3. The highest BCUT2D eigenvalue weighted by atomic mass is 16.5. The van der Waals surface area contributed by atoms with Crippen LogP contribution >= 0.6 is 0 Å². The van der Waals surface area contributed by atoms with E-state index in [1.807, 2.05) is 48.5 Å². The van der Waals surface area contributed by atoms with Gasteiger partial charge < -0.3 is 20.4 Å². The monoisotopic (exact) mass is 428 g/mol. The van der Waals surface area contributed by atoms with Crippen molar-refractivity contribution >= 4 is 22.5 Å². The summed E-state index contributed by atoms with van der Waals surface area (Å²) in [6.45, 7) is 0.801. The predicted molar refractivity (Wildman–Crippen MR) is 125 cm³/mol. The summed E-state index contributed by atoms with van der Waals surface area (Å²) in [5, 5.41) is 6.73. The summed E-state index contributed by atoms with van der Waals surface area (Å²) >= 11 is 0. The van der Waals surface area contributed by atoms with Gasteiger partial charge in [-0.1, -0.05) is 36.4 Å². The second-order valence-corrected chi connectivity index (χ2v) is 7.28. The Morgan fingerprint density at radius 2 is 1.75 bits per heavy atom. The van der Waals surface area contributed by atoms with Crippen LogP contribution in [0.25, 0.3) is 10.9 Å². The third-order valence-electron chi connectivity index (χ3n) is 5.14. The number of para-hydroxylation sites is 2. The fourth-order valence-electron chi connectivity index (χ4n) is 3.44. The van der Waals surface area contributed by atoms with Crippen molar-refractivity contribution in [2.24, 2.45) is 0 Å². The topological polar surface area (TPSA) is 96.1 Å². The zero-order valence-corrected chi connectivity index (χ0v) is 17.7. The van der Waals surface area contributed by atoms with Crippen molar-refractivity contribution in [3.05, 3.63) is 100 Å². The molecule has 3 aromatic carbocycles. The van der Waals surface area contributed by atoms with Crippen LogP contribution in [-0.4, -0.2) is 29.5 Å². The molecule has 0 bridgehead atoms. The van der Waals surface area contributed by atoms with Gasteiger partial charge in [-0.15, -0.1) is 0 Å². The number of fused-ring (bicyclic) bond motifs is 1. The standard InChI is InChI=1S/C25H24N4O3/c1-32-18-12-10-17(11-13-18)14-15-26-24(30)19-6-2-4-8-21(19)27-16-23-28-22-9-5-3-7-20(22)25(31)29-23/h2-13,27H,14-16H2,1H3,(H,26,30)(H,28,29,31). The minimum atomic E-state index is -0.183. The molecule has 0 unspecified atom stereocenters. The molecule has 3 N–H and O–H groups in total. The van der Waals surface area contributed by atoms with Crippen LogP contribution in [0, 0.1) is 0 Å². The number of aromatic amines is 1. The van der Waals surface area contributed by atoms with Crippen molar-refractivity contribution < 1.29 is 9.53 Å². The smallest absolute Gasteiger partial charge is 0.258 e. The largest absolute Gasteiger partial charge is 0.497 e. The van der Waals surface area contributed by atoms with Gasteiger partial charge in [-0.05, 0) is 48.4 Å². The fourth-order valence-corrected chi connectivity index (χ4v) is 3.44. The molecule has 0 radical (unpaired) electrons. The van der Waals surface area contributed by atoms with E-state index in [4.69, 9.17) is 4.74 Å². The number of H-pyrrole nitrogens is 1. The van der Waals surface area contributed by atoms with E-state index < -0.39 is 0 Å². The van der Waals surface area contributed by atoms with Crippen LogP contribution in [-0.2, 0) is 13.0 Å². The van der Waals surface area contributed by atoms with E-state index >= 15 is 0 Å². The third kappa shape index (κ3) is 4.95. The average Bonchev–Trinajstić information content (AvgIpc) is 2.83. The Morgan fingerprint density at radius 3 is 2.56 bits per heavy atom. The summed E-state index contributed by atoms with van der Waals surface area (Å²) < 4.78 is 5.16. The van der Waals surface area contributed by atoms with Crippen LogP contribution in [0.3, 0.4) is 0 Å². The Hall–Kier alpha value is -4.13. The maximum absolute atomic E-state index is 12.8. The lowest BCUT2D eigenvalue weighted by Crippen LogP contribution is -2.26. The van der Waals surface area contributed by atoms with Crippen LogP contribution in [0.15, 0.2) is 77.6 Å². The van der Waals surface area contributed by atoms with Gasteiger partial charge in [-0.25, -0.2) is 4.98 Å². The van der Waals surface area contributed by atoms with E-state index in [-0.39, 0.29) is 18.0 Å². The van der Waals surface area contributed by atoms with E-state index in [1.165, 1.54) is 0 Å². The number of amides is 1. The second-order valence-electron chi connectivity index (χ2n) is 7.28. The van der Waals surface area contributed by atoms with Gasteiger partial charge in [0.2, 0.25) is 0 Å². The first-order valence-corrected chi connectivity index (χ1v) is 10.4. The molecule has 7 heteroatoms. The highest BCUT2D eigenvalue weighted by Gasteiger charge is 2.11. The molecule has 0 aliphatic carbocycles. The molecule has 4 aromatic rings. The normalized spacial score (nSPS) is 10.7. The van der Waals surface area contributed by atoms with Gasteiger partial charge in [-0.3, -0.25) is 9.59 Å². The number of benzene rings is 3. The number of carbonyl (C=O) groups excluding carboxylic acids is 1. The van der Waals surface area contributed by atoms with Crippen molar-refractivity contribution in [2.45, 2.75) is 13.0 Å². The molecular weight excluding hydrogens is 404 g/mol. The third-order valence-corrected chi connectivity index (χ3v) is 5.14. The Balaban J connectivity index is 1.39. The molecule has 0 saturated carbocycles. The summed E-state index contributed by atoms with van der Waals surface area (Å²) in [5.41, 5.74) is 2.77. The molecular formula is C25H24N4O3. The summed E-state index contributed by atoms with van der Waals surface area (Å²) in [5.74, 6) is 1.14. The Bertz CT molecular complexity index is 1280. The van der Waals surface area contributed by atoms with Gasteiger partial charge in [0.05, 0.1) is 30.1 Å².